The number of carbonyl (C=O) groups excluding carboxylic acids is 1. The van der Waals surface area contributed by atoms with Crippen LogP contribution in [0.4, 0.5) is 0 Å². The molecule has 0 aliphatic rings. The SMILES string of the molecule is CCSCCC(NC(=O)CCCOc1cc(C)c(Cl)c(C)c1)C(=O)O. The molecule has 0 spiro atoms. The number of carboxylic acids is 1. The van der Waals surface area contributed by atoms with Gasteiger partial charge in [0.25, 0.3) is 0 Å². The molecule has 0 aliphatic heterocycles. The Morgan fingerprint density at radius 2 is 1.96 bits per heavy atom. The number of nitrogens with one attached hydrogen (secondary N) is 1. The molecule has 1 atom stereocenters. The van der Waals surface area contributed by atoms with E-state index in [4.69, 9.17) is 21.4 Å². The maximum absolute atomic E-state index is 11.9. The van der Waals surface area contributed by atoms with Crippen LogP contribution in [-0.2, 0) is 9.59 Å². The second kappa shape index (κ2) is 11.3. The van der Waals surface area contributed by atoms with E-state index in [1.807, 2.05) is 32.9 Å². The van der Waals surface area contributed by atoms with Gasteiger partial charge < -0.3 is 15.2 Å². The lowest BCUT2D eigenvalue weighted by Gasteiger charge is -2.14. The molecule has 140 valence electrons. The van der Waals surface area contributed by atoms with E-state index in [0.29, 0.717) is 25.2 Å². The van der Waals surface area contributed by atoms with Crippen molar-refractivity contribution in [1.82, 2.24) is 5.32 Å². The zero-order valence-corrected chi connectivity index (χ0v) is 16.5. The first-order valence-corrected chi connectivity index (χ1v) is 9.87. The number of halogens is 1. The molecule has 1 aromatic carbocycles. The van der Waals surface area contributed by atoms with Crippen LogP contribution in [0.3, 0.4) is 0 Å². The molecular formula is C18H26ClNO4S. The minimum atomic E-state index is -0.992. The quantitative estimate of drug-likeness (QED) is 0.564. The fourth-order valence-electron chi connectivity index (χ4n) is 2.28. The van der Waals surface area contributed by atoms with Gasteiger partial charge in [-0.2, -0.15) is 11.8 Å². The summed E-state index contributed by atoms with van der Waals surface area (Å²) in [6.45, 7) is 6.23. The lowest BCUT2D eigenvalue weighted by atomic mass is 10.1. The molecular weight excluding hydrogens is 362 g/mol. The zero-order chi connectivity index (χ0) is 18.8. The number of hydrogen-bond donors (Lipinski definition) is 2. The number of aliphatic carboxylic acids is 1. The molecule has 2 N–H and O–H groups in total. The van der Waals surface area contributed by atoms with E-state index in [1.165, 1.54) is 0 Å². The van der Waals surface area contributed by atoms with E-state index in [0.717, 1.165) is 27.7 Å². The third-order valence-corrected chi connectivity index (χ3v) is 5.14. The molecule has 0 fully saturated rings. The van der Waals surface area contributed by atoms with Gasteiger partial charge in [-0.15, -0.1) is 0 Å². The van der Waals surface area contributed by atoms with E-state index in [1.54, 1.807) is 11.8 Å². The van der Waals surface area contributed by atoms with E-state index in [-0.39, 0.29) is 12.3 Å². The molecule has 0 saturated carbocycles. The van der Waals surface area contributed by atoms with E-state index in [2.05, 4.69) is 5.32 Å². The number of carbonyl (C=O) groups is 2. The van der Waals surface area contributed by atoms with Gasteiger partial charge in [-0.3, -0.25) is 4.79 Å². The van der Waals surface area contributed by atoms with Crippen molar-refractivity contribution in [3.63, 3.8) is 0 Å². The molecule has 5 nitrogen and oxygen atoms in total. The highest BCUT2D eigenvalue weighted by molar-refractivity contribution is 7.99. The molecule has 0 aliphatic carbocycles. The van der Waals surface area contributed by atoms with Crippen molar-refractivity contribution >= 4 is 35.2 Å². The molecule has 1 unspecified atom stereocenters. The molecule has 25 heavy (non-hydrogen) atoms. The van der Waals surface area contributed by atoms with E-state index >= 15 is 0 Å². The van der Waals surface area contributed by atoms with Crippen LogP contribution in [-0.4, -0.2) is 41.1 Å². The molecule has 0 saturated heterocycles. The van der Waals surface area contributed by atoms with Crippen LogP contribution in [0, 0.1) is 13.8 Å². The summed E-state index contributed by atoms with van der Waals surface area (Å²) < 4.78 is 5.65. The highest BCUT2D eigenvalue weighted by Crippen LogP contribution is 2.25. The third kappa shape index (κ3) is 8.01. The minimum absolute atomic E-state index is 0.232. The average Bonchev–Trinajstić information content (AvgIpc) is 2.55. The molecule has 7 heteroatoms. The summed E-state index contributed by atoms with van der Waals surface area (Å²) in [5.41, 5.74) is 1.90. The van der Waals surface area contributed by atoms with Gasteiger partial charge in [0.2, 0.25) is 5.91 Å². The Labute approximate surface area is 158 Å². The van der Waals surface area contributed by atoms with Gasteiger partial charge in [0.05, 0.1) is 6.61 Å². The normalized spacial score (nSPS) is 11.8. The van der Waals surface area contributed by atoms with Crippen molar-refractivity contribution in [2.45, 2.75) is 46.1 Å². The summed E-state index contributed by atoms with van der Waals surface area (Å²) >= 11 is 7.77. The summed E-state index contributed by atoms with van der Waals surface area (Å²) in [6, 6.07) is 2.90. The van der Waals surface area contributed by atoms with Crippen LogP contribution >= 0.6 is 23.4 Å². The highest BCUT2D eigenvalue weighted by Gasteiger charge is 2.19. The number of hydrogen-bond acceptors (Lipinski definition) is 4. The van der Waals surface area contributed by atoms with Crippen molar-refractivity contribution in [2.24, 2.45) is 0 Å². The first-order valence-electron chi connectivity index (χ1n) is 8.34. The first-order chi connectivity index (χ1) is 11.8. The second-order valence-corrected chi connectivity index (χ2v) is 7.54. The van der Waals surface area contributed by atoms with E-state index < -0.39 is 12.0 Å². The molecule has 0 bridgehead atoms. The summed E-state index contributed by atoms with van der Waals surface area (Å²) in [6.07, 6.45) is 1.18. The largest absolute Gasteiger partial charge is 0.494 e. The smallest absolute Gasteiger partial charge is 0.326 e. The van der Waals surface area contributed by atoms with Gasteiger partial charge in [0, 0.05) is 11.4 Å². The summed E-state index contributed by atoms with van der Waals surface area (Å²) in [4.78, 5) is 23.1. The number of amides is 1. The van der Waals surface area contributed by atoms with Crippen molar-refractivity contribution < 1.29 is 19.4 Å². The Hall–Kier alpha value is -1.40. The number of benzene rings is 1. The van der Waals surface area contributed by atoms with Crippen molar-refractivity contribution in [2.75, 3.05) is 18.1 Å². The Balaban J connectivity index is 2.35. The first kappa shape index (κ1) is 21.6. The Morgan fingerprint density at radius 1 is 1.32 bits per heavy atom. The molecule has 0 aromatic heterocycles. The molecule has 1 amide bonds. The average molecular weight is 388 g/mol. The summed E-state index contributed by atoms with van der Waals surface area (Å²) in [5, 5.41) is 12.5. The molecule has 1 aromatic rings. The standard InChI is InChI=1S/C18H26ClNO4S/c1-4-25-9-7-15(18(22)23)20-16(21)6-5-8-24-14-10-12(2)17(19)13(3)11-14/h10-11,15H,4-9H2,1-3H3,(H,20,21)(H,22,23). The zero-order valence-electron chi connectivity index (χ0n) is 14.9. The van der Waals surface area contributed by atoms with Gasteiger partial charge in [-0.05, 0) is 61.5 Å². The Morgan fingerprint density at radius 3 is 2.52 bits per heavy atom. The topological polar surface area (TPSA) is 75.6 Å². The monoisotopic (exact) mass is 387 g/mol. The van der Waals surface area contributed by atoms with Gasteiger partial charge in [-0.1, -0.05) is 18.5 Å². The number of aryl methyl sites for hydroxylation is 2. The lowest BCUT2D eigenvalue weighted by Crippen LogP contribution is -2.41. The predicted molar refractivity (Wildman–Crippen MR) is 103 cm³/mol. The fourth-order valence-corrected chi connectivity index (χ4v) is 3.08. The number of thioether (sulfide) groups is 1. The van der Waals surface area contributed by atoms with Gasteiger partial charge in [-0.25, -0.2) is 4.79 Å². The molecule has 0 radical (unpaired) electrons. The number of rotatable bonds is 11. The minimum Gasteiger partial charge on any atom is -0.494 e. The predicted octanol–water partition coefficient (Wildman–Crippen LogP) is 3.83. The fraction of sp³-hybridized carbons (Fsp3) is 0.556. The van der Waals surface area contributed by atoms with Crippen LogP contribution in [0.1, 0.15) is 37.3 Å². The Bertz CT molecular complexity index is 571. The maximum Gasteiger partial charge on any atom is 0.326 e. The van der Waals surface area contributed by atoms with Gasteiger partial charge >= 0.3 is 5.97 Å². The van der Waals surface area contributed by atoms with Crippen molar-refractivity contribution in [3.05, 3.63) is 28.3 Å². The van der Waals surface area contributed by atoms with Gasteiger partial charge in [0.15, 0.2) is 0 Å². The maximum atomic E-state index is 11.9. The highest BCUT2D eigenvalue weighted by atomic mass is 35.5. The van der Waals surface area contributed by atoms with E-state index in [9.17, 15) is 9.59 Å². The molecule has 1 rings (SSSR count). The number of ether oxygens (including phenoxy) is 1. The summed E-state index contributed by atoms with van der Waals surface area (Å²) in [7, 11) is 0. The summed E-state index contributed by atoms with van der Waals surface area (Å²) in [5.74, 6) is 1.11. The third-order valence-electron chi connectivity index (χ3n) is 3.62. The van der Waals surface area contributed by atoms with Crippen molar-refractivity contribution in [3.8, 4) is 5.75 Å². The van der Waals surface area contributed by atoms with Crippen molar-refractivity contribution in [1.29, 1.82) is 0 Å². The van der Waals surface area contributed by atoms with Gasteiger partial charge in [0.1, 0.15) is 11.8 Å². The van der Waals surface area contributed by atoms with Crippen LogP contribution in [0.25, 0.3) is 0 Å². The van der Waals surface area contributed by atoms with Crippen LogP contribution in [0.2, 0.25) is 5.02 Å². The van der Waals surface area contributed by atoms with Crippen LogP contribution < -0.4 is 10.1 Å². The van der Waals surface area contributed by atoms with Crippen LogP contribution in [0.15, 0.2) is 12.1 Å². The lowest BCUT2D eigenvalue weighted by molar-refractivity contribution is -0.141. The number of carboxylic acid groups (broad SMARTS) is 1. The Kier molecular flexibility index (Phi) is 9.75. The molecule has 0 heterocycles. The second-order valence-electron chi connectivity index (χ2n) is 5.77. The van der Waals surface area contributed by atoms with Crippen LogP contribution in [0.5, 0.6) is 5.75 Å².